The van der Waals surface area contributed by atoms with Crippen LogP contribution in [0.25, 0.3) is 0 Å². The Kier molecular flexibility index (Phi) is 6.65. The third-order valence-electron chi connectivity index (χ3n) is 3.86. The Morgan fingerprint density at radius 3 is 2.36 bits per heavy atom. The smallest absolute Gasteiger partial charge is 0.245 e. The predicted octanol–water partition coefficient (Wildman–Crippen LogP) is 2.59. The number of carbonyl (C=O) groups is 2. The van der Waals surface area contributed by atoms with Crippen LogP contribution in [0.2, 0.25) is 0 Å². The van der Waals surface area contributed by atoms with Crippen LogP contribution in [0.15, 0.2) is 54.6 Å². The van der Waals surface area contributed by atoms with Crippen molar-refractivity contribution in [2.24, 2.45) is 0 Å². The van der Waals surface area contributed by atoms with Crippen LogP contribution in [0.5, 0.6) is 0 Å². The molecule has 2 rings (SSSR count). The molecule has 6 heteroatoms. The van der Waals surface area contributed by atoms with E-state index < -0.39 is 17.8 Å². The summed E-state index contributed by atoms with van der Waals surface area (Å²) in [6.45, 7) is 1.88. The molecule has 0 aliphatic rings. The molecule has 2 atom stereocenters. The normalized spacial score (nSPS) is 12.9. The lowest BCUT2D eigenvalue weighted by Gasteiger charge is -2.16. The summed E-state index contributed by atoms with van der Waals surface area (Å²) in [5.41, 5.74) is 5.83. The highest BCUT2D eigenvalue weighted by atomic mass is 19.1. The molecule has 0 aromatic heterocycles. The summed E-state index contributed by atoms with van der Waals surface area (Å²) in [4.78, 5) is 24.1. The number of benzene rings is 2. The van der Waals surface area contributed by atoms with E-state index in [1.807, 2.05) is 37.3 Å². The Balaban J connectivity index is 1.87. The van der Waals surface area contributed by atoms with Crippen LogP contribution in [0.1, 0.15) is 42.9 Å². The molecule has 25 heavy (non-hydrogen) atoms. The second-order valence-corrected chi connectivity index (χ2v) is 5.68. The number of nitrogens with one attached hydrogen (secondary N) is 2. The van der Waals surface area contributed by atoms with Gasteiger partial charge in [0, 0.05) is 0 Å². The van der Waals surface area contributed by atoms with Crippen molar-refractivity contribution in [1.29, 1.82) is 0 Å². The van der Waals surface area contributed by atoms with Gasteiger partial charge in [-0.3, -0.25) is 20.4 Å². The first kappa shape index (κ1) is 18.6. The number of aliphatic hydroxyl groups is 1. The fraction of sp³-hybridized carbons (Fsp3) is 0.263. The third kappa shape index (κ3) is 5.39. The van der Waals surface area contributed by atoms with Crippen molar-refractivity contribution in [3.8, 4) is 0 Å². The van der Waals surface area contributed by atoms with Crippen LogP contribution in [-0.4, -0.2) is 16.9 Å². The van der Waals surface area contributed by atoms with Gasteiger partial charge in [0.1, 0.15) is 5.82 Å². The molecular weight excluding hydrogens is 323 g/mol. The molecule has 0 radical (unpaired) electrons. The highest BCUT2D eigenvalue weighted by molar-refractivity contribution is 5.86. The first-order valence-electron chi connectivity index (χ1n) is 8.08. The monoisotopic (exact) mass is 344 g/mol. The van der Waals surface area contributed by atoms with Gasteiger partial charge < -0.3 is 5.11 Å². The van der Waals surface area contributed by atoms with Crippen LogP contribution in [0.3, 0.4) is 0 Å². The average Bonchev–Trinajstić information content (AvgIpc) is 2.61. The van der Waals surface area contributed by atoms with Gasteiger partial charge in [-0.1, -0.05) is 49.4 Å². The van der Waals surface area contributed by atoms with E-state index in [9.17, 15) is 19.1 Å². The van der Waals surface area contributed by atoms with Crippen molar-refractivity contribution >= 4 is 11.8 Å². The largest absolute Gasteiger partial charge is 0.388 e. The number of carbonyl (C=O) groups excluding carboxylic acids is 2. The third-order valence-corrected chi connectivity index (χ3v) is 3.86. The number of aliphatic hydroxyl groups excluding tert-OH is 1. The van der Waals surface area contributed by atoms with E-state index in [2.05, 4.69) is 10.9 Å². The molecule has 0 aliphatic carbocycles. The molecule has 0 fully saturated rings. The molecule has 0 bridgehead atoms. The Morgan fingerprint density at radius 1 is 1.04 bits per heavy atom. The maximum absolute atomic E-state index is 13.1. The molecule has 2 aromatic rings. The van der Waals surface area contributed by atoms with Crippen molar-refractivity contribution in [2.75, 3.05) is 0 Å². The van der Waals surface area contributed by atoms with Gasteiger partial charge in [-0.25, -0.2) is 4.39 Å². The zero-order chi connectivity index (χ0) is 18.2. The van der Waals surface area contributed by atoms with E-state index in [-0.39, 0.29) is 18.2 Å². The van der Waals surface area contributed by atoms with Gasteiger partial charge in [0.15, 0.2) is 0 Å². The van der Waals surface area contributed by atoms with E-state index in [0.29, 0.717) is 12.0 Å². The molecule has 2 amide bonds. The maximum atomic E-state index is 13.1. The van der Waals surface area contributed by atoms with Crippen LogP contribution in [0.4, 0.5) is 4.39 Å². The maximum Gasteiger partial charge on any atom is 0.245 e. The second kappa shape index (κ2) is 8.94. The number of halogens is 1. The van der Waals surface area contributed by atoms with Crippen molar-refractivity contribution in [1.82, 2.24) is 10.9 Å². The molecule has 0 spiro atoms. The Hall–Kier alpha value is -2.73. The summed E-state index contributed by atoms with van der Waals surface area (Å²) in [6, 6.07) is 14.7. The number of hydrogen-bond donors (Lipinski definition) is 3. The van der Waals surface area contributed by atoms with Crippen LogP contribution < -0.4 is 10.9 Å². The van der Waals surface area contributed by atoms with Crippen molar-refractivity contribution < 1.29 is 19.1 Å². The lowest BCUT2D eigenvalue weighted by molar-refractivity contribution is -0.130. The minimum atomic E-state index is -1.15. The van der Waals surface area contributed by atoms with E-state index in [1.165, 1.54) is 24.3 Å². The van der Waals surface area contributed by atoms with Gasteiger partial charge >= 0.3 is 0 Å². The molecule has 5 nitrogen and oxygen atoms in total. The van der Waals surface area contributed by atoms with Gasteiger partial charge in [-0.15, -0.1) is 0 Å². The number of hydrazine groups is 1. The first-order chi connectivity index (χ1) is 12.0. The van der Waals surface area contributed by atoms with Crippen LogP contribution >= 0.6 is 0 Å². The lowest BCUT2D eigenvalue weighted by Crippen LogP contribution is -2.44. The number of hydrogen-bond acceptors (Lipinski definition) is 3. The summed E-state index contributed by atoms with van der Waals surface area (Å²) in [5.74, 6) is -1.76. The van der Waals surface area contributed by atoms with Gasteiger partial charge in [-0.2, -0.15) is 0 Å². The summed E-state index contributed by atoms with van der Waals surface area (Å²) in [5, 5.41) is 9.97. The summed E-state index contributed by atoms with van der Waals surface area (Å²) >= 11 is 0. The molecule has 0 aliphatic heterocycles. The topological polar surface area (TPSA) is 78.4 Å². The van der Waals surface area contributed by atoms with Gasteiger partial charge in [0.25, 0.3) is 0 Å². The molecule has 0 saturated heterocycles. The predicted molar refractivity (Wildman–Crippen MR) is 91.7 cm³/mol. The highest BCUT2D eigenvalue weighted by Gasteiger charge is 2.20. The quantitative estimate of drug-likeness (QED) is 0.705. The Bertz CT molecular complexity index is 722. The molecule has 3 N–H and O–H groups in total. The summed E-state index contributed by atoms with van der Waals surface area (Å²) in [7, 11) is 0. The average molecular weight is 344 g/mol. The Morgan fingerprint density at radius 2 is 1.72 bits per heavy atom. The van der Waals surface area contributed by atoms with Gasteiger partial charge in [0.2, 0.25) is 11.8 Å². The zero-order valence-corrected chi connectivity index (χ0v) is 13.9. The SMILES string of the molecule is CCC(C(=O)NNC(=O)CC(O)c1cccc(F)c1)c1ccccc1. The van der Waals surface area contributed by atoms with Crippen molar-refractivity contribution in [3.63, 3.8) is 0 Å². The summed E-state index contributed by atoms with van der Waals surface area (Å²) in [6.07, 6.45) is -0.854. The fourth-order valence-electron chi connectivity index (χ4n) is 2.53. The van der Waals surface area contributed by atoms with E-state index in [4.69, 9.17) is 0 Å². The Labute approximate surface area is 145 Å². The number of amides is 2. The summed E-state index contributed by atoms with van der Waals surface area (Å²) < 4.78 is 13.1. The van der Waals surface area contributed by atoms with Gasteiger partial charge in [0.05, 0.1) is 18.4 Å². The zero-order valence-electron chi connectivity index (χ0n) is 13.9. The standard InChI is InChI=1S/C19H21FN2O3/c1-2-16(13-7-4-3-5-8-13)19(25)22-21-18(24)12-17(23)14-9-6-10-15(20)11-14/h3-11,16-17,23H,2,12H2,1H3,(H,21,24)(H,22,25). The minimum absolute atomic E-state index is 0.286. The van der Waals surface area contributed by atoms with Crippen LogP contribution in [0, 0.1) is 5.82 Å². The van der Waals surface area contributed by atoms with E-state index >= 15 is 0 Å². The van der Waals surface area contributed by atoms with Crippen molar-refractivity contribution in [2.45, 2.75) is 31.8 Å². The van der Waals surface area contributed by atoms with E-state index in [0.717, 1.165) is 5.56 Å². The van der Waals surface area contributed by atoms with Crippen LogP contribution in [-0.2, 0) is 9.59 Å². The first-order valence-corrected chi connectivity index (χ1v) is 8.08. The molecule has 2 unspecified atom stereocenters. The fourth-order valence-corrected chi connectivity index (χ4v) is 2.53. The lowest BCUT2D eigenvalue weighted by atomic mass is 9.96. The molecule has 132 valence electrons. The molecular formula is C19H21FN2O3. The van der Waals surface area contributed by atoms with Gasteiger partial charge in [-0.05, 0) is 29.7 Å². The van der Waals surface area contributed by atoms with Crippen molar-refractivity contribution in [3.05, 3.63) is 71.5 Å². The molecule has 0 heterocycles. The minimum Gasteiger partial charge on any atom is -0.388 e. The van der Waals surface area contributed by atoms with E-state index in [1.54, 1.807) is 0 Å². The highest BCUT2D eigenvalue weighted by Crippen LogP contribution is 2.19. The number of rotatable bonds is 6. The molecule has 2 aromatic carbocycles. The second-order valence-electron chi connectivity index (χ2n) is 5.68. The molecule has 0 saturated carbocycles.